The number of hydrogen-bond donors (Lipinski definition) is 0. The van der Waals surface area contributed by atoms with Gasteiger partial charge in [0.15, 0.2) is 17.5 Å². The minimum absolute atomic E-state index is 0.276. The van der Waals surface area contributed by atoms with Crippen LogP contribution in [0, 0.1) is 13.8 Å². The van der Waals surface area contributed by atoms with Crippen molar-refractivity contribution in [3.63, 3.8) is 0 Å². The molecule has 242 valence electrons. The van der Waals surface area contributed by atoms with E-state index in [9.17, 15) is 0 Å². The topological polar surface area (TPSA) is 38.7 Å². The molecule has 1 aliphatic carbocycles. The predicted octanol–water partition coefficient (Wildman–Crippen LogP) is 12.1. The fourth-order valence-electron chi connectivity index (χ4n) is 7.16. The van der Waals surface area contributed by atoms with Gasteiger partial charge in [-0.25, -0.2) is 15.0 Å². The molecule has 0 amide bonds. The first-order valence-electron chi connectivity index (χ1n) is 18.7. The first-order valence-corrected chi connectivity index (χ1v) is 17.2. The molecule has 0 fully saturated rings. The van der Waals surface area contributed by atoms with E-state index in [0.29, 0.717) is 17.5 Å². The Kier molecular flexibility index (Phi) is 6.86. The van der Waals surface area contributed by atoms with Crippen LogP contribution < -0.4 is 0 Å². The fraction of sp³-hybridized carbons (Fsp3) is 0.0625. The normalized spacial score (nSPS) is 12.8. The molecule has 8 aromatic rings. The number of aryl methyl sites for hydroxylation is 2. The van der Waals surface area contributed by atoms with Crippen molar-refractivity contribution in [2.45, 2.75) is 20.2 Å². The van der Waals surface area contributed by atoms with E-state index < -0.39 is 6.85 Å². The van der Waals surface area contributed by atoms with Gasteiger partial charge in [-0.3, -0.25) is 0 Å². The highest BCUT2D eigenvalue weighted by Crippen LogP contribution is 2.45. The Balaban J connectivity index is 1.09. The van der Waals surface area contributed by atoms with Gasteiger partial charge < -0.3 is 0 Å². The monoisotopic (exact) mass is 656 g/mol. The van der Waals surface area contributed by atoms with Gasteiger partial charge in [0.2, 0.25) is 0 Å². The average Bonchev–Trinajstić information content (AvgIpc) is 3.60. The largest absolute Gasteiger partial charge is 0.208 e. The zero-order valence-electron chi connectivity index (χ0n) is 31.1. The molecule has 3 nitrogen and oxygen atoms in total. The third-order valence-corrected chi connectivity index (χ3v) is 9.82. The highest BCUT2D eigenvalue weighted by molar-refractivity contribution is 5.90. The van der Waals surface area contributed by atoms with Crippen molar-refractivity contribution in [2.24, 2.45) is 0 Å². The van der Waals surface area contributed by atoms with Crippen LogP contribution in [0.2, 0.25) is 0 Å². The highest BCUT2D eigenvalue weighted by atomic mass is 15.0. The van der Waals surface area contributed by atoms with Crippen LogP contribution in [0.3, 0.4) is 0 Å². The molecule has 3 heteroatoms. The van der Waals surface area contributed by atoms with E-state index in [0.717, 1.165) is 34.2 Å². The summed E-state index contributed by atoms with van der Waals surface area (Å²) < 4.78 is 23.4. The summed E-state index contributed by atoms with van der Waals surface area (Å²) in [6, 6.07) is 56.0. The van der Waals surface area contributed by atoms with Gasteiger partial charge in [-0.05, 0) is 81.9 Å². The van der Waals surface area contributed by atoms with Crippen molar-refractivity contribution >= 4 is 0 Å². The van der Waals surface area contributed by atoms with E-state index in [4.69, 9.17) is 19.1 Å². The second-order valence-electron chi connectivity index (χ2n) is 13.1. The summed E-state index contributed by atoms with van der Waals surface area (Å²) in [6.07, 6.45) is 0.835. The number of aromatic nitrogens is 3. The van der Waals surface area contributed by atoms with Crippen LogP contribution in [0.5, 0.6) is 0 Å². The molecule has 9 rings (SSSR count). The summed E-state index contributed by atoms with van der Waals surface area (Å²) in [4.78, 5) is 14.8. The Bertz CT molecular complexity index is 2650. The molecule has 0 bridgehead atoms. The summed E-state index contributed by atoms with van der Waals surface area (Å²) in [7, 11) is 0. The standard InChI is InChI=1S/C48H35N3/c1-31-17-21-36(22-18-31)46-49-47(37-23-19-32(2)20-24-37)51-48(50-46)39-12-6-11-38(29-39)41-14-8-16-43-42-15-7-13-40(44(42)30-45(41)43)35-27-25-34(26-28-35)33-9-4-3-5-10-33/h3-29H,30H2,1-2H3/i1D3. The Labute approximate surface area is 303 Å². The average molecular weight is 657 g/mol. The Hall–Kier alpha value is -6.45. The molecule has 51 heavy (non-hydrogen) atoms. The van der Waals surface area contributed by atoms with E-state index in [1.54, 1.807) is 24.3 Å². The minimum Gasteiger partial charge on any atom is -0.208 e. The van der Waals surface area contributed by atoms with Crippen molar-refractivity contribution in [3.8, 4) is 78.7 Å². The molecule has 1 aliphatic rings. The molecule has 1 aromatic heterocycles. The SMILES string of the molecule is [2H]C([2H])([2H])c1ccc(-c2nc(-c3ccc(C)cc3)nc(-c3cccc(-c4cccc5c4Cc4c(-c6ccc(-c7ccccc7)cc6)cccc4-5)c3)n2)cc1. The van der Waals surface area contributed by atoms with Crippen molar-refractivity contribution in [3.05, 3.63) is 186 Å². The zero-order valence-corrected chi connectivity index (χ0v) is 28.1. The number of fused-ring (bicyclic) bond motifs is 3. The third kappa shape index (κ3) is 5.83. The molecular formula is C48H35N3. The molecular weight excluding hydrogens is 619 g/mol. The Morgan fingerprint density at radius 2 is 0.804 bits per heavy atom. The van der Waals surface area contributed by atoms with Crippen molar-refractivity contribution in [2.75, 3.05) is 0 Å². The smallest absolute Gasteiger partial charge is 0.164 e. The van der Waals surface area contributed by atoms with Crippen molar-refractivity contribution in [1.82, 2.24) is 15.0 Å². The first-order chi connectivity index (χ1) is 26.3. The zero-order chi connectivity index (χ0) is 36.8. The second-order valence-corrected chi connectivity index (χ2v) is 13.1. The first kappa shape index (κ1) is 27.4. The van der Waals surface area contributed by atoms with Gasteiger partial charge >= 0.3 is 0 Å². The third-order valence-electron chi connectivity index (χ3n) is 9.82. The lowest BCUT2D eigenvalue weighted by atomic mass is 9.94. The van der Waals surface area contributed by atoms with Gasteiger partial charge in [0, 0.05) is 20.8 Å². The lowest BCUT2D eigenvalue weighted by molar-refractivity contribution is 1.07. The number of benzene rings is 7. The summed E-state index contributed by atoms with van der Waals surface area (Å²) >= 11 is 0. The fourth-order valence-corrected chi connectivity index (χ4v) is 7.16. The van der Waals surface area contributed by atoms with Crippen LogP contribution in [-0.2, 0) is 6.42 Å². The molecule has 0 unspecified atom stereocenters. The molecule has 0 N–H and O–H groups in total. The molecule has 0 aliphatic heterocycles. The summed E-state index contributed by atoms with van der Waals surface area (Å²) in [5, 5.41) is 0. The van der Waals surface area contributed by atoms with Crippen LogP contribution in [0.15, 0.2) is 164 Å². The van der Waals surface area contributed by atoms with Gasteiger partial charge in [0.25, 0.3) is 0 Å². The second kappa shape index (κ2) is 12.8. The number of hydrogen-bond acceptors (Lipinski definition) is 3. The maximum absolute atomic E-state index is 7.81. The predicted molar refractivity (Wildman–Crippen MR) is 210 cm³/mol. The molecule has 0 spiro atoms. The minimum atomic E-state index is -2.19. The molecule has 0 saturated carbocycles. The molecule has 1 heterocycles. The van der Waals surface area contributed by atoms with Crippen LogP contribution in [0.25, 0.3) is 78.7 Å². The molecule has 0 radical (unpaired) electrons. The van der Waals surface area contributed by atoms with Gasteiger partial charge in [0.1, 0.15) is 0 Å². The van der Waals surface area contributed by atoms with Gasteiger partial charge in [-0.1, -0.05) is 169 Å². The Morgan fingerprint density at radius 1 is 0.373 bits per heavy atom. The van der Waals surface area contributed by atoms with Gasteiger partial charge in [0.05, 0.1) is 0 Å². The summed E-state index contributed by atoms with van der Waals surface area (Å²) in [6.45, 7) is -0.139. The van der Waals surface area contributed by atoms with Crippen LogP contribution in [-0.4, -0.2) is 15.0 Å². The quantitative estimate of drug-likeness (QED) is 0.179. The van der Waals surface area contributed by atoms with E-state index >= 15 is 0 Å². The van der Waals surface area contributed by atoms with Crippen LogP contribution >= 0.6 is 0 Å². The molecule has 0 atom stereocenters. The summed E-state index contributed by atoms with van der Waals surface area (Å²) in [5.74, 6) is 1.59. The lowest BCUT2D eigenvalue weighted by Gasteiger charge is -2.12. The van der Waals surface area contributed by atoms with Crippen LogP contribution in [0.1, 0.15) is 26.4 Å². The summed E-state index contributed by atoms with van der Waals surface area (Å²) in [5.41, 5.74) is 16.3. The number of rotatable bonds is 6. The van der Waals surface area contributed by atoms with E-state index in [1.165, 1.54) is 50.1 Å². The van der Waals surface area contributed by atoms with Gasteiger partial charge in [-0.2, -0.15) is 0 Å². The van der Waals surface area contributed by atoms with E-state index in [1.807, 2.05) is 36.4 Å². The van der Waals surface area contributed by atoms with Crippen molar-refractivity contribution in [1.29, 1.82) is 0 Å². The maximum atomic E-state index is 7.81. The van der Waals surface area contributed by atoms with Gasteiger partial charge in [-0.15, -0.1) is 0 Å². The van der Waals surface area contributed by atoms with Crippen LogP contribution in [0.4, 0.5) is 0 Å². The van der Waals surface area contributed by atoms with Crippen molar-refractivity contribution < 1.29 is 4.11 Å². The van der Waals surface area contributed by atoms with E-state index in [2.05, 4.69) is 110 Å². The maximum Gasteiger partial charge on any atom is 0.164 e. The Morgan fingerprint density at radius 3 is 1.41 bits per heavy atom. The highest BCUT2D eigenvalue weighted by Gasteiger charge is 2.24. The molecule has 7 aromatic carbocycles. The molecule has 0 saturated heterocycles. The number of nitrogens with zero attached hydrogens (tertiary/aromatic N) is 3. The van der Waals surface area contributed by atoms with E-state index in [-0.39, 0.29) is 5.56 Å². The lowest BCUT2D eigenvalue weighted by Crippen LogP contribution is -2.00.